The normalized spacial score (nSPS) is 17.1. The van der Waals surface area contributed by atoms with Gasteiger partial charge in [-0.05, 0) is 85.2 Å². The van der Waals surface area contributed by atoms with Crippen LogP contribution in [0.1, 0.15) is 31.2 Å². The Bertz CT molecular complexity index is 1200. The summed E-state index contributed by atoms with van der Waals surface area (Å²) < 4.78 is 0. The van der Waals surface area contributed by atoms with Gasteiger partial charge in [-0.25, -0.2) is 4.79 Å². The lowest BCUT2D eigenvalue weighted by Crippen LogP contribution is -2.50. The van der Waals surface area contributed by atoms with E-state index in [1.165, 1.54) is 18.4 Å². The Hall–Kier alpha value is -2.24. The standard InChI is InChI=1S/C29H30Cl3N3O/c30-24-3-1-2-22(14-24)21-6-8-23(9-7-21)29(19-33-18-20-4-5-20)10-12-35(13-11-29)28(36)34-27-16-25(31)15-26(32)17-27/h1-3,6-9,14-17,20,33H,4-5,10-13,18-19H2,(H,34,36). The Morgan fingerprint density at radius 2 is 1.56 bits per heavy atom. The summed E-state index contributed by atoms with van der Waals surface area (Å²) >= 11 is 18.4. The molecule has 0 radical (unpaired) electrons. The van der Waals surface area contributed by atoms with Crippen molar-refractivity contribution in [2.45, 2.75) is 31.1 Å². The van der Waals surface area contributed by atoms with E-state index in [9.17, 15) is 4.79 Å². The molecule has 2 fully saturated rings. The molecule has 5 rings (SSSR count). The van der Waals surface area contributed by atoms with Crippen LogP contribution < -0.4 is 10.6 Å². The summed E-state index contributed by atoms with van der Waals surface area (Å²) in [6, 6.07) is 21.8. The minimum atomic E-state index is -0.121. The number of hydrogen-bond acceptors (Lipinski definition) is 2. The summed E-state index contributed by atoms with van der Waals surface area (Å²) in [6.45, 7) is 3.35. The average Bonchev–Trinajstić information content (AvgIpc) is 3.68. The lowest BCUT2D eigenvalue weighted by molar-refractivity contribution is 0.165. The third kappa shape index (κ3) is 6.18. The SMILES string of the molecule is O=C(Nc1cc(Cl)cc(Cl)c1)N1CCC(CNCC2CC2)(c2ccc(-c3cccc(Cl)c3)cc2)CC1. The molecule has 3 aromatic rings. The molecule has 0 spiro atoms. The molecule has 3 aromatic carbocycles. The predicted molar refractivity (Wildman–Crippen MR) is 150 cm³/mol. The van der Waals surface area contributed by atoms with Crippen molar-refractivity contribution in [3.05, 3.63) is 87.4 Å². The van der Waals surface area contributed by atoms with Crippen molar-refractivity contribution in [2.75, 3.05) is 31.5 Å². The van der Waals surface area contributed by atoms with Gasteiger partial charge in [0.05, 0.1) is 0 Å². The van der Waals surface area contributed by atoms with E-state index >= 15 is 0 Å². The number of benzene rings is 3. The summed E-state index contributed by atoms with van der Waals surface area (Å²) in [5.74, 6) is 0.822. The van der Waals surface area contributed by atoms with E-state index in [2.05, 4.69) is 41.0 Å². The Morgan fingerprint density at radius 1 is 0.861 bits per heavy atom. The van der Waals surface area contributed by atoms with E-state index in [0.717, 1.165) is 48.0 Å². The van der Waals surface area contributed by atoms with Crippen LogP contribution in [0.5, 0.6) is 0 Å². The number of nitrogens with one attached hydrogen (secondary N) is 2. The monoisotopic (exact) mass is 541 g/mol. The van der Waals surface area contributed by atoms with Crippen LogP contribution in [0.2, 0.25) is 15.1 Å². The molecule has 1 heterocycles. The third-order valence-electron chi connectivity index (χ3n) is 7.37. The van der Waals surface area contributed by atoms with Crippen molar-refractivity contribution < 1.29 is 4.79 Å². The Kier molecular flexibility index (Phi) is 7.78. The van der Waals surface area contributed by atoms with E-state index in [-0.39, 0.29) is 11.4 Å². The second-order valence-electron chi connectivity index (χ2n) is 10.0. The number of hydrogen-bond donors (Lipinski definition) is 2. The number of nitrogens with zero attached hydrogens (tertiary/aromatic N) is 1. The van der Waals surface area contributed by atoms with Gasteiger partial charge in [-0.15, -0.1) is 0 Å². The van der Waals surface area contributed by atoms with E-state index in [1.807, 2.05) is 23.1 Å². The molecule has 4 nitrogen and oxygen atoms in total. The highest BCUT2D eigenvalue weighted by Gasteiger charge is 2.37. The lowest BCUT2D eigenvalue weighted by atomic mass is 9.72. The smallest absolute Gasteiger partial charge is 0.321 e. The highest BCUT2D eigenvalue weighted by molar-refractivity contribution is 6.35. The molecule has 2 aliphatic rings. The first kappa shape index (κ1) is 25.4. The maximum Gasteiger partial charge on any atom is 0.321 e. The summed E-state index contributed by atoms with van der Waals surface area (Å²) in [6.07, 6.45) is 4.45. The summed E-state index contributed by atoms with van der Waals surface area (Å²) in [5.41, 5.74) is 4.18. The quantitative estimate of drug-likeness (QED) is 0.319. The van der Waals surface area contributed by atoms with Gasteiger partial charge in [0.1, 0.15) is 0 Å². The van der Waals surface area contributed by atoms with Gasteiger partial charge in [0.25, 0.3) is 0 Å². The van der Waals surface area contributed by atoms with E-state index in [0.29, 0.717) is 28.8 Å². The maximum absolute atomic E-state index is 13.0. The third-order valence-corrected chi connectivity index (χ3v) is 8.04. The zero-order valence-electron chi connectivity index (χ0n) is 20.1. The Balaban J connectivity index is 1.29. The molecule has 1 saturated carbocycles. The molecule has 2 N–H and O–H groups in total. The number of carbonyl (C=O) groups excluding carboxylic acids is 1. The number of halogens is 3. The maximum atomic E-state index is 13.0. The summed E-state index contributed by atoms with van der Waals surface area (Å²) in [7, 11) is 0. The minimum absolute atomic E-state index is 0.0160. The number of amides is 2. The van der Waals surface area contributed by atoms with Crippen molar-refractivity contribution in [2.24, 2.45) is 5.92 Å². The van der Waals surface area contributed by atoms with Crippen molar-refractivity contribution in [1.82, 2.24) is 10.2 Å². The number of carbonyl (C=O) groups is 1. The molecule has 188 valence electrons. The zero-order chi connectivity index (χ0) is 25.1. The highest BCUT2D eigenvalue weighted by atomic mass is 35.5. The van der Waals surface area contributed by atoms with Gasteiger partial charge >= 0.3 is 6.03 Å². The summed E-state index contributed by atoms with van der Waals surface area (Å²) in [4.78, 5) is 14.9. The van der Waals surface area contributed by atoms with E-state index in [1.54, 1.807) is 18.2 Å². The molecule has 7 heteroatoms. The molecular formula is C29H30Cl3N3O. The molecular weight excluding hydrogens is 513 g/mol. The Morgan fingerprint density at radius 3 is 2.19 bits per heavy atom. The molecule has 0 atom stereocenters. The van der Waals surface area contributed by atoms with Gasteiger partial charge in [0, 0.05) is 45.8 Å². The topological polar surface area (TPSA) is 44.4 Å². The fourth-order valence-electron chi connectivity index (χ4n) is 5.06. The van der Waals surface area contributed by atoms with Crippen LogP contribution in [0, 0.1) is 5.92 Å². The first-order valence-electron chi connectivity index (χ1n) is 12.5. The van der Waals surface area contributed by atoms with Gasteiger partial charge in [-0.1, -0.05) is 71.2 Å². The number of anilines is 1. The van der Waals surface area contributed by atoms with Crippen LogP contribution in [-0.2, 0) is 5.41 Å². The van der Waals surface area contributed by atoms with Gasteiger partial charge in [-0.2, -0.15) is 0 Å². The molecule has 0 unspecified atom stereocenters. The van der Waals surface area contributed by atoms with Gasteiger partial charge in [-0.3, -0.25) is 0 Å². The van der Waals surface area contributed by atoms with Crippen LogP contribution >= 0.6 is 34.8 Å². The zero-order valence-corrected chi connectivity index (χ0v) is 22.3. The molecule has 1 aliphatic carbocycles. The lowest BCUT2D eigenvalue weighted by Gasteiger charge is -2.42. The van der Waals surface area contributed by atoms with Crippen LogP contribution in [0.25, 0.3) is 11.1 Å². The molecule has 36 heavy (non-hydrogen) atoms. The van der Waals surface area contributed by atoms with Crippen LogP contribution in [0.4, 0.5) is 10.5 Å². The molecule has 0 aromatic heterocycles. The largest absolute Gasteiger partial charge is 0.324 e. The minimum Gasteiger partial charge on any atom is -0.324 e. The van der Waals surface area contributed by atoms with Crippen molar-refractivity contribution in [1.29, 1.82) is 0 Å². The second kappa shape index (κ2) is 11.0. The number of piperidine rings is 1. The molecule has 2 amide bonds. The van der Waals surface area contributed by atoms with Crippen molar-refractivity contribution >= 4 is 46.5 Å². The number of likely N-dealkylation sites (tertiary alicyclic amines) is 1. The average molecular weight is 543 g/mol. The summed E-state index contributed by atoms with van der Waals surface area (Å²) in [5, 5.41) is 8.43. The first-order chi connectivity index (χ1) is 17.4. The molecule has 1 saturated heterocycles. The highest BCUT2D eigenvalue weighted by Crippen LogP contribution is 2.37. The van der Waals surface area contributed by atoms with Crippen LogP contribution in [-0.4, -0.2) is 37.1 Å². The Labute approximate surface area is 227 Å². The number of rotatable bonds is 7. The predicted octanol–water partition coefficient (Wildman–Crippen LogP) is 7.88. The molecule has 0 bridgehead atoms. The number of urea groups is 1. The second-order valence-corrected chi connectivity index (χ2v) is 11.3. The van der Waals surface area contributed by atoms with Crippen LogP contribution in [0.15, 0.2) is 66.7 Å². The van der Waals surface area contributed by atoms with E-state index < -0.39 is 0 Å². The van der Waals surface area contributed by atoms with Gasteiger partial charge < -0.3 is 15.5 Å². The van der Waals surface area contributed by atoms with E-state index in [4.69, 9.17) is 34.8 Å². The fraction of sp³-hybridized carbons (Fsp3) is 0.345. The molecule has 1 aliphatic heterocycles. The van der Waals surface area contributed by atoms with Crippen LogP contribution in [0.3, 0.4) is 0 Å². The first-order valence-corrected chi connectivity index (χ1v) is 13.6. The van der Waals surface area contributed by atoms with Gasteiger partial charge in [0.15, 0.2) is 0 Å². The van der Waals surface area contributed by atoms with Crippen molar-refractivity contribution in [3.8, 4) is 11.1 Å². The van der Waals surface area contributed by atoms with Gasteiger partial charge in [0.2, 0.25) is 0 Å². The van der Waals surface area contributed by atoms with Crippen molar-refractivity contribution in [3.63, 3.8) is 0 Å². The fourth-order valence-corrected chi connectivity index (χ4v) is 5.77.